The van der Waals surface area contributed by atoms with Crippen LogP contribution in [0.4, 0.5) is 10.1 Å². The van der Waals surface area contributed by atoms with Gasteiger partial charge in [-0.15, -0.1) is 0 Å². The lowest BCUT2D eigenvalue weighted by Gasteiger charge is -2.18. The van der Waals surface area contributed by atoms with E-state index in [9.17, 15) is 19.4 Å². The summed E-state index contributed by atoms with van der Waals surface area (Å²) in [6, 6.07) is 11.4. The van der Waals surface area contributed by atoms with Gasteiger partial charge in [0.25, 0.3) is 5.91 Å². The van der Waals surface area contributed by atoms with Gasteiger partial charge in [-0.1, -0.05) is 6.07 Å². The van der Waals surface area contributed by atoms with Gasteiger partial charge in [0, 0.05) is 25.1 Å². The zero-order valence-electron chi connectivity index (χ0n) is 14.7. The van der Waals surface area contributed by atoms with Crippen LogP contribution in [0, 0.1) is 5.82 Å². The van der Waals surface area contributed by atoms with Crippen LogP contribution < -0.4 is 4.90 Å². The van der Waals surface area contributed by atoms with Crippen molar-refractivity contribution in [2.45, 2.75) is 0 Å². The number of fused-ring (bicyclic) bond motifs is 1. The van der Waals surface area contributed by atoms with E-state index >= 15 is 0 Å². The Labute approximate surface area is 159 Å². The summed E-state index contributed by atoms with van der Waals surface area (Å²) in [5, 5.41) is 20.5. The van der Waals surface area contributed by atoms with E-state index in [1.54, 1.807) is 19.3 Å². The number of imidazole rings is 1. The maximum absolute atomic E-state index is 13.3. The normalized spacial score (nSPS) is 10.9. The van der Waals surface area contributed by atoms with E-state index in [4.69, 9.17) is 0 Å². The second-order valence-electron chi connectivity index (χ2n) is 6.11. The molecule has 0 saturated heterocycles. The van der Waals surface area contributed by atoms with Gasteiger partial charge < -0.3 is 15.1 Å². The number of phenolic OH excluding ortho intramolecular Hbond substituents is 2. The predicted octanol–water partition coefficient (Wildman–Crippen LogP) is 3.22. The monoisotopic (exact) mass is 378 g/mol. The molecule has 1 amide bonds. The number of anilines is 1. The molecule has 2 aromatic heterocycles. The number of rotatable bonds is 3. The maximum Gasteiger partial charge on any atom is 0.277 e. The molecule has 0 aliphatic heterocycles. The third-order valence-electron chi connectivity index (χ3n) is 4.38. The summed E-state index contributed by atoms with van der Waals surface area (Å²) in [6.45, 7) is 0. The van der Waals surface area contributed by atoms with Gasteiger partial charge in [0.2, 0.25) is 5.78 Å². The van der Waals surface area contributed by atoms with Crippen LogP contribution in [0.15, 0.2) is 60.9 Å². The molecule has 2 aromatic carbocycles. The van der Waals surface area contributed by atoms with Crippen LogP contribution in [-0.2, 0) is 0 Å². The van der Waals surface area contributed by atoms with Crippen molar-refractivity contribution in [1.82, 2.24) is 14.4 Å². The molecule has 2 heterocycles. The summed E-state index contributed by atoms with van der Waals surface area (Å²) in [4.78, 5) is 23.1. The fourth-order valence-corrected chi connectivity index (χ4v) is 2.98. The summed E-state index contributed by atoms with van der Waals surface area (Å²) in [5.41, 5.74) is 0.696. The third kappa shape index (κ3) is 2.81. The molecule has 0 aliphatic carbocycles. The molecule has 0 fully saturated rings. The average Bonchev–Trinajstić information content (AvgIpc) is 3.06. The Morgan fingerprint density at radius 3 is 2.43 bits per heavy atom. The van der Waals surface area contributed by atoms with Gasteiger partial charge in [0.05, 0.1) is 5.56 Å². The highest BCUT2D eigenvalue weighted by atomic mass is 19.1. The first kappa shape index (κ1) is 17.5. The Bertz CT molecular complexity index is 1170. The molecule has 7 nitrogen and oxygen atoms in total. The van der Waals surface area contributed by atoms with E-state index in [2.05, 4.69) is 9.97 Å². The summed E-state index contributed by atoms with van der Waals surface area (Å²) < 4.78 is 14.7. The molecule has 0 bridgehead atoms. The number of hydrogen-bond acceptors (Lipinski definition) is 5. The summed E-state index contributed by atoms with van der Waals surface area (Å²) >= 11 is 0. The molecule has 0 radical (unpaired) electrons. The molecule has 0 saturated carbocycles. The van der Waals surface area contributed by atoms with Crippen molar-refractivity contribution in [3.8, 4) is 22.8 Å². The van der Waals surface area contributed by atoms with E-state index in [0.29, 0.717) is 5.69 Å². The van der Waals surface area contributed by atoms with Gasteiger partial charge in [0.1, 0.15) is 28.7 Å². The van der Waals surface area contributed by atoms with Gasteiger partial charge in [0.15, 0.2) is 0 Å². The topological polar surface area (TPSA) is 91.0 Å². The molecule has 0 unspecified atom stereocenters. The molecular formula is C20H15FN4O3. The first-order valence-corrected chi connectivity index (χ1v) is 8.35. The Hall–Kier alpha value is -3.94. The lowest BCUT2D eigenvalue weighted by Crippen LogP contribution is -2.28. The number of aromatic nitrogens is 3. The molecule has 0 spiro atoms. The van der Waals surface area contributed by atoms with Crippen LogP contribution in [0.3, 0.4) is 0 Å². The number of carbonyl (C=O) groups excluding carboxylic acids is 1. The standard InChI is InChI=1S/C20H15FN4O3/c1-24(13-8-6-12(21)7-9-13)19(28)18-17(16-14(26)4-2-5-15(16)27)23-20-22-10-3-11-25(18)20/h2-11,26-27H,1H3. The number of benzene rings is 2. The van der Waals surface area contributed by atoms with Crippen molar-refractivity contribution in [3.63, 3.8) is 0 Å². The molecule has 4 aromatic rings. The average molecular weight is 378 g/mol. The molecule has 4 rings (SSSR count). The minimum Gasteiger partial charge on any atom is -0.507 e. The van der Waals surface area contributed by atoms with Crippen LogP contribution in [0.25, 0.3) is 17.0 Å². The number of halogens is 1. The number of carbonyl (C=O) groups is 1. The van der Waals surface area contributed by atoms with Gasteiger partial charge in [-0.2, -0.15) is 0 Å². The van der Waals surface area contributed by atoms with Crippen LogP contribution >= 0.6 is 0 Å². The molecule has 8 heteroatoms. The van der Waals surface area contributed by atoms with Crippen LogP contribution in [-0.4, -0.2) is 37.5 Å². The summed E-state index contributed by atoms with van der Waals surface area (Å²) in [7, 11) is 1.54. The molecule has 0 atom stereocenters. The van der Waals surface area contributed by atoms with Gasteiger partial charge in [-0.3, -0.25) is 9.20 Å². The fourth-order valence-electron chi connectivity index (χ4n) is 2.98. The second kappa shape index (κ2) is 6.66. The van der Waals surface area contributed by atoms with Crippen molar-refractivity contribution in [1.29, 1.82) is 0 Å². The van der Waals surface area contributed by atoms with Crippen LogP contribution in [0.2, 0.25) is 0 Å². The molecule has 2 N–H and O–H groups in total. The molecule has 0 aliphatic rings. The van der Waals surface area contributed by atoms with Gasteiger partial charge >= 0.3 is 0 Å². The van der Waals surface area contributed by atoms with E-state index in [1.165, 1.54) is 58.0 Å². The third-order valence-corrected chi connectivity index (χ3v) is 4.38. The Morgan fingerprint density at radius 1 is 1.07 bits per heavy atom. The smallest absolute Gasteiger partial charge is 0.277 e. The summed E-state index contributed by atoms with van der Waals surface area (Å²) in [6.07, 6.45) is 3.14. The zero-order chi connectivity index (χ0) is 19.8. The Kier molecular flexibility index (Phi) is 4.15. The van der Waals surface area contributed by atoms with E-state index in [1.807, 2.05) is 0 Å². The van der Waals surface area contributed by atoms with Gasteiger partial charge in [-0.25, -0.2) is 14.4 Å². The zero-order valence-corrected chi connectivity index (χ0v) is 14.7. The van der Waals surface area contributed by atoms with Crippen molar-refractivity contribution < 1.29 is 19.4 Å². The fraction of sp³-hybridized carbons (Fsp3) is 0.0500. The molecular weight excluding hydrogens is 363 g/mol. The number of hydrogen-bond donors (Lipinski definition) is 2. The Balaban J connectivity index is 1.93. The lowest BCUT2D eigenvalue weighted by atomic mass is 10.1. The lowest BCUT2D eigenvalue weighted by molar-refractivity contribution is 0.0988. The van der Waals surface area contributed by atoms with E-state index in [-0.39, 0.29) is 34.2 Å². The highest BCUT2D eigenvalue weighted by molar-refractivity contribution is 6.09. The largest absolute Gasteiger partial charge is 0.507 e. The highest BCUT2D eigenvalue weighted by Crippen LogP contribution is 2.38. The number of nitrogens with zero attached hydrogens (tertiary/aromatic N) is 4. The SMILES string of the molecule is CN(C(=O)c1c(-c2c(O)cccc2O)nc2ncccn12)c1ccc(F)cc1. The van der Waals surface area contributed by atoms with Crippen molar-refractivity contribution in [3.05, 3.63) is 72.4 Å². The van der Waals surface area contributed by atoms with E-state index in [0.717, 1.165) is 0 Å². The Morgan fingerprint density at radius 2 is 1.75 bits per heavy atom. The number of phenols is 2. The van der Waals surface area contributed by atoms with Crippen LogP contribution in [0.5, 0.6) is 11.5 Å². The number of amides is 1. The molecule has 28 heavy (non-hydrogen) atoms. The van der Waals surface area contributed by atoms with Crippen molar-refractivity contribution >= 4 is 17.4 Å². The predicted molar refractivity (Wildman–Crippen MR) is 101 cm³/mol. The highest BCUT2D eigenvalue weighted by Gasteiger charge is 2.27. The minimum absolute atomic E-state index is 0.0313. The minimum atomic E-state index is -0.468. The number of aromatic hydroxyl groups is 2. The van der Waals surface area contributed by atoms with Gasteiger partial charge in [-0.05, 0) is 42.5 Å². The van der Waals surface area contributed by atoms with Crippen molar-refractivity contribution in [2.24, 2.45) is 0 Å². The second-order valence-corrected chi connectivity index (χ2v) is 6.11. The molecule has 140 valence electrons. The maximum atomic E-state index is 13.3. The first-order valence-electron chi connectivity index (χ1n) is 8.35. The van der Waals surface area contributed by atoms with Crippen LogP contribution in [0.1, 0.15) is 10.5 Å². The first-order chi connectivity index (χ1) is 13.5. The quantitative estimate of drug-likeness (QED) is 0.571. The van der Waals surface area contributed by atoms with E-state index < -0.39 is 11.7 Å². The summed E-state index contributed by atoms with van der Waals surface area (Å²) in [5.74, 6) is -1.09. The van der Waals surface area contributed by atoms with Crippen molar-refractivity contribution in [2.75, 3.05) is 11.9 Å².